The average molecular weight is 275 g/mol. The highest BCUT2D eigenvalue weighted by atomic mass is 32.1. The maximum Gasteiger partial charge on any atom is 0.178 e. The van der Waals surface area contributed by atoms with Crippen molar-refractivity contribution in [1.82, 2.24) is 14.5 Å². The second-order valence-electron chi connectivity index (χ2n) is 4.40. The Balaban J connectivity index is 2.11. The first-order valence-corrected chi connectivity index (χ1v) is 6.96. The molecule has 0 fully saturated rings. The molecule has 0 saturated heterocycles. The molecule has 3 aromatic rings. The van der Waals surface area contributed by atoms with Gasteiger partial charge in [0.15, 0.2) is 4.77 Å². The lowest BCUT2D eigenvalue weighted by Gasteiger charge is -2.01. The van der Waals surface area contributed by atoms with Crippen molar-refractivity contribution >= 4 is 34.6 Å². The number of imidazole rings is 1. The minimum atomic E-state index is 0.737. The van der Waals surface area contributed by atoms with Crippen molar-refractivity contribution in [2.45, 2.75) is 20.4 Å². The van der Waals surface area contributed by atoms with Gasteiger partial charge in [0.2, 0.25) is 0 Å². The lowest BCUT2D eigenvalue weighted by molar-refractivity contribution is 0.803. The van der Waals surface area contributed by atoms with Gasteiger partial charge in [-0.15, -0.1) is 11.3 Å². The highest BCUT2D eigenvalue weighted by Gasteiger charge is 2.07. The number of benzene rings is 1. The number of thiazole rings is 1. The van der Waals surface area contributed by atoms with E-state index in [4.69, 9.17) is 12.2 Å². The van der Waals surface area contributed by atoms with Crippen LogP contribution in [-0.2, 0) is 6.54 Å². The normalized spacial score (nSPS) is 11.2. The lowest BCUT2D eigenvalue weighted by atomic mass is 10.2. The van der Waals surface area contributed by atoms with Crippen LogP contribution < -0.4 is 0 Å². The Morgan fingerprint density at radius 1 is 1.39 bits per heavy atom. The molecule has 3 nitrogen and oxygen atoms in total. The fourth-order valence-corrected chi connectivity index (χ4v) is 3.09. The Kier molecular flexibility index (Phi) is 2.80. The van der Waals surface area contributed by atoms with Gasteiger partial charge in [0.25, 0.3) is 0 Å². The zero-order valence-electron chi connectivity index (χ0n) is 10.2. The minimum Gasteiger partial charge on any atom is -0.331 e. The molecule has 0 radical (unpaired) electrons. The van der Waals surface area contributed by atoms with E-state index in [-0.39, 0.29) is 0 Å². The number of H-pyrrole nitrogens is 1. The number of aryl methyl sites for hydroxylation is 2. The van der Waals surface area contributed by atoms with Crippen LogP contribution in [0.3, 0.4) is 0 Å². The first-order chi connectivity index (χ1) is 8.63. The van der Waals surface area contributed by atoms with E-state index in [1.54, 1.807) is 11.3 Å². The van der Waals surface area contributed by atoms with Gasteiger partial charge in [-0.25, -0.2) is 4.98 Å². The van der Waals surface area contributed by atoms with Crippen molar-refractivity contribution in [3.05, 3.63) is 44.6 Å². The monoisotopic (exact) mass is 275 g/mol. The van der Waals surface area contributed by atoms with E-state index in [0.29, 0.717) is 0 Å². The summed E-state index contributed by atoms with van der Waals surface area (Å²) >= 11 is 7.10. The van der Waals surface area contributed by atoms with Crippen LogP contribution in [0.25, 0.3) is 11.0 Å². The molecule has 1 aromatic carbocycles. The zero-order chi connectivity index (χ0) is 12.7. The molecule has 0 saturated carbocycles. The van der Waals surface area contributed by atoms with Gasteiger partial charge in [-0.1, -0.05) is 6.07 Å². The van der Waals surface area contributed by atoms with Crippen LogP contribution in [0.15, 0.2) is 24.4 Å². The summed E-state index contributed by atoms with van der Waals surface area (Å²) in [5.41, 5.74) is 3.46. The second-order valence-corrected chi connectivity index (χ2v) is 6.11. The topological polar surface area (TPSA) is 33.6 Å². The molecular formula is C13H13N3S2. The summed E-state index contributed by atoms with van der Waals surface area (Å²) in [5, 5.41) is 1.09. The maximum absolute atomic E-state index is 5.39. The molecule has 0 atom stereocenters. The molecule has 0 aliphatic heterocycles. The number of nitrogens with zero attached hydrogens (tertiary/aromatic N) is 2. The van der Waals surface area contributed by atoms with Gasteiger partial charge in [0, 0.05) is 11.1 Å². The van der Waals surface area contributed by atoms with Crippen LogP contribution in [0.5, 0.6) is 0 Å². The fourth-order valence-electron chi connectivity index (χ4n) is 2.04. The predicted molar refractivity (Wildman–Crippen MR) is 77.8 cm³/mol. The molecule has 0 amide bonds. The Morgan fingerprint density at radius 3 is 2.94 bits per heavy atom. The van der Waals surface area contributed by atoms with Crippen molar-refractivity contribution in [3.63, 3.8) is 0 Å². The first-order valence-electron chi connectivity index (χ1n) is 5.74. The lowest BCUT2D eigenvalue weighted by Crippen LogP contribution is -1.98. The van der Waals surface area contributed by atoms with E-state index < -0.39 is 0 Å². The summed E-state index contributed by atoms with van der Waals surface area (Å²) in [5.74, 6) is 0. The number of rotatable bonds is 2. The molecule has 92 valence electrons. The summed E-state index contributed by atoms with van der Waals surface area (Å²) in [7, 11) is 0. The molecule has 0 bridgehead atoms. The molecule has 3 rings (SSSR count). The molecule has 18 heavy (non-hydrogen) atoms. The van der Waals surface area contributed by atoms with Crippen molar-refractivity contribution in [2.75, 3.05) is 0 Å². The molecule has 2 heterocycles. The van der Waals surface area contributed by atoms with Gasteiger partial charge in [0.1, 0.15) is 5.01 Å². The fraction of sp³-hybridized carbons (Fsp3) is 0.231. The molecule has 0 unspecified atom stereocenters. The summed E-state index contributed by atoms with van der Waals surface area (Å²) in [6.07, 6.45) is 1.91. The van der Waals surface area contributed by atoms with Crippen LogP contribution in [-0.4, -0.2) is 14.5 Å². The molecule has 0 spiro atoms. The van der Waals surface area contributed by atoms with Crippen LogP contribution in [0.1, 0.15) is 15.4 Å². The smallest absolute Gasteiger partial charge is 0.178 e. The number of nitrogens with one attached hydrogen (secondary N) is 1. The minimum absolute atomic E-state index is 0.737. The Labute approximate surface area is 114 Å². The first kappa shape index (κ1) is 11.6. The van der Waals surface area contributed by atoms with Crippen LogP contribution in [0, 0.1) is 18.6 Å². The quantitative estimate of drug-likeness (QED) is 0.721. The van der Waals surface area contributed by atoms with Gasteiger partial charge in [-0.3, -0.25) is 0 Å². The van der Waals surface area contributed by atoms with Crippen molar-refractivity contribution in [2.24, 2.45) is 0 Å². The zero-order valence-corrected chi connectivity index (χ0v) is 11.9. The third-order valence-electron chi connectivity index (χ3n) is 2.89. The van der Waals surface area contributed by atoms with Crippen LogP contribution in [0.4, 0.5) is 0 Å². The summed E-state index contributed by atoms with van der Waals surface area (Å²) in [6.45, 7) is 4.89. The van der Waals surface area contributed by atoms with Crippen LogP contribution in [0.2, 0.25) is 0 Å². The molecule has 0 aliphatic carbocycles. The average Bonchev–Trinajstić information content (AvgIpc) is 2.84. The van der Waals surface area contributed by atoms with Crippen molar-refractivity contribution in [1.29, 1.82) is 0 Å². The molecule has 5 heteroatoms. The van der Waals surface area contributed by atoms with Crippen molar-refractivity contribution in [3.8, 4) is 0 Å². The highest BCUT2D eigenvalue weighted by Crippen LogP contribution is 2.19. The number of fused-ring (bicyclic) bond motifs is 1. The Morgan fingerprint density at radius 2 is 2.22 bits per heavy atom. The van der Waals surface area contributed by atoms with Gasteiger partial charge in [-0.05, 0) is 43.8 Å². The second kappa shape index (κ2) is 4.33. The van der Waals surface area contributed by atoms with E-state index in [0.717, 1.165) is 27.4 Å². The standard InChI is InChI=1S/C13H13N3S2/c1-8-3-4-11-10(5-8)15-13(17)16(11)7-12-14-6-9(2)18-12/h3-6H,7H2,1-2H3,(H,15,17). The van der Waals surface area contributed by atoms with Gasteiger partial charge >= 0.3 is 0 Å². The SMILES string of the molecule is Cc1ccc2c(c1)[nH]c(=S)n2Cc1ncc(C)s1. The maximum atomic E-state index is 5.39. The van der Waals surface area contributed by atoms with E-state index in [1.807, 2.05) is 6.20 Å². The van der Waals surface area contributed by atoms with Crippen molar-refractivity contribution < 1.29 is 0 Å². The molecule has 0 aliphatic rings. The van der Waals surface area contributed by atoms with E-state index in [1.165, 1.54) is 10.4 Å². The number of aromatic amines is 1. The van der Waals surface area contributed by atoms with Gasteiger partial charge in [0.05, 0.1) is 17.6 Å². The molecule has 2 aromatic heterocycles. The highest BCUT2D eigenvalue weighted by molar-refractivity contribution is 7.71. The Bertz CT molecular complexity index is 764. The van der Waals surface area contributed by atoms with Gasteiger partial charge < -0.3 is 9.55 Å². The van der Waals surface area contributed by atoms with E-state index >= 15 is 0 Å². The molecule has 1 N–H and O–H groups in total. The Hall–Kier alpha value is -1.46. The van der Waals surface area contributed by atoms with Crippen LogP contribution >= 0.6 is 23.6 Å². The van der Waals surface area contributed by atoms with E-state index in [9.17, 15) is 0 Å². The largest absolute Gasteiger partial charge is 0.331 e. The summed E-state index contributed by atoms with van der Waals surface area (Å²) < 4.78 is 2.85. The molecular weight excluding hydrogens is 262 g/mol. The third kappa shape index (κ3) is 2.00. The third-order valence-corrected chi connectivity index (χ3v) is 4.11. The number of hydrogen-bond acceptors (Lipinski definition) is 3. The summed E-state index contributed by atoms with van der Waals surface area (Å²) in [4.78, 5) is 8.87. The number of hydrogen-bond donors (Lipinski definition) is 1. The van der Waals surface area contributed by atoms with Gasteiger partial charge in [-0.2, -0.15) is 0 Å². The summed E-state index contributed by atoms with van der Waals surface area (Å²) in [6, 6.07) is 6.33. The number of aromatic nitrogens is 3. The predicted octanol–water partition coefficient (Wildman–Crippen LogP) is 3.82. The van der Waals surface area contributed by atoms with E-state index in [2.05, 4.69) is 46.6 Å².